The number of hydrogen-bond donors (Lipinski definition) is 0. The quantitative estimate of drug-likeness (QED) is 0.731. The van der Waals surface area contributed by atoms with Crippen LogP contribution in [0.3, 0.4) is 0 Å². The van der Waals surface area contributed by atoms with Gasteiger partial charge in [0.2, 0.25) is 0 Å². The van der Waals surface area contributed by atoms with Gasteiger partial charge in [-0.2, -0.15) is 0 Å². The second-order valence-corrected chi connectivity index (χ2v) is 5.20. The predicted octanol–water partition coefficient (Wildman–Crippen LogP) is 1.86. The second kappa shape index (κ2) is 5.78. The zero-order chi connectivity index (χ0) is 11.4. The van der Waals surface area contributed by atoms with Crippen molar-refractivity contribution in [3.8, 4) is 0 Å². The summed E-state index contributed by atoms with van der Waals surface area (Å²) in [5.74, 6) is 0.687. The third-order valence-electron chi connectivity index (χ3n) is 3.78. The maximum atomic E-state index is 11.4. The molecule has 0 N–H and O–H groups in total. The summed E-state index contributed by atoms with van der Waals surface area (Å²) in [5.41, 5.74) is 0. The maximum Gasteiger partial charge on any atom is 0.138 e. The fourth-order valence-corrected chi connectivity index (χ4v) is 2.71. The third kappa shape index (κ3) is 3.29. The zero-order valence-corrected chi connectivity index (χ0v) is 10.3. The lowest BCUT2D eigenvalue weighted by Gasteiger charge is -2.30. The van der Waals surface area contributed by atoms with Gasteiger partial charge in [0.25, 0.3) is 0 Å². The molecule has 2 saturated heterocycles. The van der Waals surface area contributed by atoms with Crippen molar-refractivity contribution >= 4 is 5.78 Å². The van der Waals surface area contributed by atoms with Crippen LogP contribution >= 0.6 is 0 Å². The van der Waals surface area contributed by atoms with Gasteiger partial charge in [-0.15, -0.1) is 0 Å². The molecule has 2 aliphatic rings. The average molecular weight is 225 g/mol. The first-order valence-electron chi connectivity index (χ1n) is 6.62. The molecule has 2 aliphatic heterocycles. The summed E-state index contributed by atoms with van der Waals surface area (Å²) in [5, 5.41) is 0. The van der Waals surface area contributed by atoms with Gasteiger partial charge in [-0.05, 0) is 32.2 Å². The number of ketones is 1. The molecule has 2 rings (SSSR count). The van der Waals surface area contributed by atoms with Gasteiger partial charge in [0.15, 0.2) is 0 Å². The number of ether oxygens (including phenoxy) is 1. The van der Waals surface area contributed by atoms with E-state index in [1.807, 2.05) is 0 Å². The Kier molecular flexibility index (Phi) is 4.36. The Morgan fingerprint density at radius 2 is 2.38 bits per heavy atom. The largest absolute Gasteiger partial charge is 0.378 e. The Morgan fingerprint density at radius 1 is 1.50 bits per heavy atom. The first-order valence-corrected chi connectivity index (χ1v) is 6.62. The lowest BCUT2D eigenvalue weighted by atomic mass is 9.98. The van der Waals surface area contributed by atoms with E-state index in [0.717, 1.165) is 32.7 Å². The van der Waals surface area contributed by atoms with Gasteiger partial charge < -0.3 is 9.64 Å². The van der Waals surface area contributed by atoms with Crippen LogP contribution < -0.4 is 0 Å². The summed E-state index contributed by atoms with van der Waals surface area (Å²) in [6.07, 6.45) is 6.16. The van der Waals surface area contributed by atoms with Crippen LogP contribution in [0.2, 0.25) is 0 Å². The molecule has 0 amide bonds. The monoisotopic (exact) mass is 225 g/mol. The molecule has 2 heterocycles. The van der Waals surface area contributed by atoms with Gasteiger partial charge in [-0.3, -0.25) is 4.79 Å². The van der Waals surface area contributed by atoms with Crippen LogP contribution in [0.1, 0.15) is 39.0 Å². The van der Waals surface area contributed by atoms with Crippen LogP contribution in [0, 0.1) is 5.92 Å². The van der Waals surface area contributed by atoms with Gasteiger partial charge in [0.1, 0.15) is 5.78 Å². The molecule has 2 fully saturated rings. The van der Waals surface area contributed by atoms with Crippen LogP contribution in [0.15, 0.2) is 0 Å². The molecule has 0 spiro atoms. The summed E-state index contributed by atoms with van der Waals surface area (Å²) in [6.45, 7) is 6.07. The molecule has 2 unspecified atom stereocenters. The highest BCUT2D eigenvalue weighted by Gasteiger charge is 2.23. The number of carbonyl (C=O) groups is 1. The normalized spacial score (nSPS) is 32.2. The minimum Gasteiger partial charge on any atom is -0.378 e. The number of hydrogen-bond acceptors (Lipinski definition) is 3. The third-order valence-corrected chi connectivity index (χ3v) is 3.78. The summed E-state index contributed by atoms with van der Waals surface area (Å²) in [7, 11) is 0. The fraction of sp³-hybridized carbons (Fsp3) is 0.923. The number of carbonyl (C=O) groups excluding carboxylic acids is 1. The molecule has 92 valence electrons. The Labute approximate surface area is 98.1 Å². The van der Waals surface area contributed by atoms with Crippen molar-refractivity contribution < 1.29 is 9.53 Å². The highest BCUT2D eigenvalue weighted by molar-refractivity contribution is 5.81. The number of piperidine rings is 1. The molecule has 0 saturated carbocycles. The van der Waals surface area contributed by atoms with E-state index in [4.69, 9.17) is 4.74 Å². The second-order valence-electron chi connectivity index (χ2n) is 5.20. The van der Waals surface area contributed by atoms with Gasteiger partial charge in [0, 0.05) is 32.0 Å². The van der Waals surface area contributed by atoms with Crippen molar-refractivity contribution in [1.82, 2.24) is 4.90 Å². The Morgan fingerprint density at radius 3 is 3.06 bits per heavy atom. The van der Waals surface area contributed by atoms with E-state index in [2.05, 4.69) is 11.8 Å². The zero-order valence-electron chi connectivity index (χ0n) is 10.3. The van der Waals surface area contributed by atoms with Crippen LogP contribution in [-0.4, -0.2) is 43.0 Å². The van der Waals surface area contributed by atoms with Crippen LogP contribution in [0.5, 0.6) is 0 Å². The van der Waals surface area contributed by atoms with E-state index in [-0.39, 0.29) is 5.92 Å². The smallest absolute Gasteiger partial charge is 0.138 e. The van der Waals surface area contributed by atoms with Gasteiger partial charge in [-0.1, -0.05) is 6.92 Å². The number of nitrogens with zero attached hydrogens (tertiary/aromatic N) is 1. The minimum absolute atomic E-state index is 0.247. The van der Waals surface area contributed by atoms with E-state index >= 15 is 0 Å². The van der Waals surface area contributed by atoms with Crippen LogP contribution in [0.4, 0.5) is 0 Å². The van der Waals surface area contributed by atoms with Crippen molar-refractivity contribution in [1.29, 1.82) is 0 Å². The minimum atomic E-state index is 0.247. The van der Waals surface area contributed by atoms with Gasteiger partial charge in [-0.25, -0.2) is 0 Å². The van der Waals surface area contributed by atoms with Crippen molar-refractivity contribution in [3.05, 3.63) is 0 Å². The predicted molar refractivity (Wildman–Crippen MR) is 63.4 cm³/mol. The van der Waals surface area contributed by atoms with E-state index in [1.54, 1.807) is 0 Å². The molecule has 0 radical (unpaired) electrons. The number of likely N-dealkylation sites (tertiary alicyclic amines) is 1. The molecule has 0 aromatic carbocycles. The van der Waals surface area contributed by atoms with E-state index in [0.29, 0.717) is 11.9 Å². The number of rotatable bonds is 4. The molecular formula is C13H23NO2. The standard InChI is InChI=1S/C13H23NO2/c1-11-10-14(8-6-13(11)15)7-2-4-12-5-3-9-16-12/h11-12H,2-10H2,1H3. The lowest BCUT2D eigenvalue weighted by molar-refractivity contribution is -0.125. The SMILES string of the molecule is CC1CN(CCCC2CCCO2)CCC1=O. The lowest BCUT2D eigenvalue weighted by Crippen LogP contribution is -2.40. The first kappa shape index (κ1) is 12.1. The van der Waals surface area contributed by atoms with Crippen molar-refractivity contribution in [3.63, 3.8) is 0 Å². The molecule has 3 heteroatoms. The highest BCUT2D eigenvalue weighted by atomic mass is 16.5. The number of Topliss-reactive ketones (excluding diaryl/α,β-unsaturated/α-hetero) is 1. The van der Waals surface area contributed by atoms with Crippen molar-refractivity contribution in [2.24, 2.45) is 5.92 Å². The van der Waals surface area contributed by atoms with Gasteiger partial charge in [0.05, 0.1) is 6.10 Å². The molecule has 0 aromatic heterocycles. The van der Waals surface area contributed by atoms with E-state index in [1.165, 1.54) is 25.7 Å². The topological polar surface area (TPSA) is 29.5 Å². The van der Waals surface area contributed by atoms with Crippen LogP contribution in [0.25, 0.3) is 0 Å². The van der Waals surface area contributed by atoms with Crippen LogP contribution in [-0.2, 0) is 9.53 Å². The van der Waals surface area contributed by atoms with Crippen molar-refractivity contribution in [2.45, 2.75) is 45.1 Å². The van der Waals surface area contributed by atoms with Crippen molar-refractivity contribution in [2.75, 3.05) is 26.2 Å². The first-order chi connectivity index (χ1) is 7.75. The highest BCUT2D eigenvalue weighted by Crippen LogP contribution is 2.18. The summed E-state index contributed by atoms with van der Waals surface area (Å²) in [4.78, 5) is 13.8. The molecule has 3 nitrogen and oxygen atoms in total. The Bertz CT molecular complexity index is 236. The van der Waals surface area contributed by atoms with E-state index in [9.17, 15) is 4.79 Å². The van der Waals surface area contributed by atoms with E-state index < -0.39 is 0 Å². The average Bonchev–Trinajstić information content (AvgIpc) is 2.76. The Balaban J connectivity index is 1.60. The fourth-order valence-electron chi connectivity index (χ4n) is 2.71. The maximum absolute atomic E-state index is 11.4. The molecular weight excluding hydrogens is 202 g/mol. The molecule has 0 aromatic rings. The molecule has 0 bridgehead atoms. The summed E-state index contributed by atoms with van der Waals surface area (Å²) >= 11 is 0. The Hall–Kier alpha value is -0.410. The molecule has 0 aliphatic carbocycles. The van der Waals surface area contributed by atoms with Gasteiger partial charge >= 0.3 is 0 Å². The molecule has 2 atom stereocenters. The summed E-state index contributed by atoms with van der Waals surface area (Å²) < 4.78 is 5.61. The molecule has 16 heavy (non-hydrogen) atoms. The summed E-state index contributed by atoms with van der Waals surface area (Å²) in [6, 6.07) is 0.